The second-order valence-electron chi connectivity index (χ2n) is 6.26. The molecule has 26 heavy (non-hydrogen) atoms. The van der Waals surface area contributed by atoms with Gasteiger partial charge in [-0.1, -0.05) is 17.7 Å². The maximum Gasteiger partial charge on any atom is 0.269 e. The van der Waals surface area contributed by atoms with Gasteiger partial charge in [-0.2, -0.15) is 0 Å². The zero-order valence-electron chi connectivity index (χ0n) is 15.7. The van der Waals surface area contributed by atoms with Crippen molar-refractivity contribution in [3.8, 4) is 11.5 Å². The smallest absolute Gasteiger partial charge is 0.269 e. The number of methoxy groups -OCH3 is 1. The molecule has 0 aliphatic carbocycles. The number of amides is 2. The second-order valence-corrected chi connectivity index (χ2v) is 6.26. The van der Waals surface area contributed by atoms with E-state index in [1.54, 1.807) is 24.3 Å². The standard InChI is InChI=1S/C20H24N2O4/c1-12(2)26-17-9-8-15(11-18(17)25-5)19(23)21-22-20(24)16-10-13(3)6-7-14(16)4/h6-12H,1-5H3,(H,21,23)(H,22,24). The van der Waals surface area contributed by atoms with Gasteiger partial charge in [-0.25, -0.2) is 0 Å². The minimum Gasteiger partial charge on any atom is -0.493 e. The highest BCUT2D eigenvalue weighted by atomic mass is 16.5. The number of nitrogens with one attached hydrogen (secondary N) is 2. The summed E-state index contributed by atoms with van der Waals surface area (Å²) in [7, 11) is 1.51. The number of hydrogen-bond acceptors (Lipinski definition) is 4. The summed E-state index contributed by atoms with van der Waals surface area (Å²) in [5.74, 6) is 0.190. The Hall–Kier alpha value is -3.02. The van der Waals surface area contributed by atoms with Gasteiger partial charge >= 0.3 is 0 Å². The molecule has 0 aliphatic rings. The number of hydrogen-bond donors (Lipinski definition) is 2. The number of aryl methyl sites for hydroxylation is 2. The molecule has 0 saturated heterocycles. The van der Waals surface area contributed by atoms with Gasteiger partial charge in [0.05, 0.1) is 13.2 Å². The van der Waals surface area contributed by atoms with E-state index in [0.717, 1.165) is 11.1 Å². The van der Waals surface area contributed by atoms with Crippen LogP contribution in [0.5, 0.6) is 11.5 Å². The molecule has 0 spiro atoms. The Morgan fingerprint density at radius 2 is 1.62 bits per heavy atom. The molecule has 6 heteroatoms. The Kier molecular flexibility index (Phi) is 6.22. The highest BCUT2D eigenvalue weighted by Crippen LogP contribution is 2.28. The van der Waals surface area contributed by atoms with E-state index in [1.165, 1.54) is 7.11 Å². The van der Waals surface area contributed by atoms with Crippen LogP contribution in [0, 0.1) is 13.8 Å². The molecule has 0 atom stereocenters. The lowest BCUT2D eigenvalue weighted by atomic mass is 10.1. The molecule has 0 radical (unpaired) electrons. The van der Waals surface area contributed by atoms with Crippen molar-refractivity contribution >= 4 is 11.8 Å². The normalized spacial score (nSPS) is 10.4. The van der Waals surface area contributed by atoms with Crippen LogP contribution >= 0.6 is 0 Å². The van der Waals surface area contributed by atoms with Crippen LogP contribution < -0.4 is 20.3 Å². The molecule has 0 aliphatic heterocycles. The van der Waals surface area contributed by atoms with Crippen LogP contribution in [0.4, 0.5) is 0 Å². The predicted molar refractivity (Wildman–Crippen MR) is 99.6 cm³/mol. The van der Waals surface area contributed by atoms with E-state index in [9.17, 15) is 9.59 Å². The SMILES string of the molecule is COc1cc(C(=O)NNC(=O)c2cc(C)ccc2C)ccc1OC(C)C. The largest absolute Gasteiger partial charge is 0.493 e. The third kappa shape index (κ3) is 4.75. The van der Waals surface area contributed by atoms with Gasteiger partial charge in [-0.15, -0.1) is 0 Å². The highest BCUT2D eigenvalue weighted by molar-refractivity contribution is 6.00. The van der Waals surface area contributed by atoms with Crippen molar-refractivity contribution in [1.82, 2.24) is 10.9 Å². The maximum absolute atomic E-state index is 12.3. The average molecular weight is 356 g/mol. The van der Waals surface area contributed by atoms with Crippen LogP contribution in [-0.2, 0) is 0 Å². The van der Waals surface area contributed by atoms with E-state index in [2.05, 4.69) is 10.9 Å². The minimum absolute atomic E-state index is 0.0135. The first kappa shape index (κ1) is 19.3. The van der Waals surface area contributed by atoms with Gasteiger partial charge in [0.1, 0.15) is 0 Å². The summed E-state index contributed by atoms with van der Waals surface area (Å²) in [5, 5.41) is 0. The monoisotopic (exact) mass is 356 g/mol. The molecule has 0 unspecified atom stereocenters. The third-order valence-electron chi connectivity index (χ3n) is 3.72. The van der Waals surface area contributed by atoms with Crippen molar-refractivity contribution in [2.45, 2.75) is 33.8 Å². The van der Waals surface area contributed by atoms with Gasteiger partial charge in [0.2, 0.25) is 0 Å². The average Bonchev–Trinajstić information content (AvgIpc) is 2.61. The van der Waals surface area contributed by atoms with Gasteiger partial charge in [0.15, 0.2) is 11.5 Å². The quantitative estimate of drug-likeness (QED) is 0.807. The second kappa shape index (κ2) is 8.38. The first-order chi connectivity index (χ1) is 12.3. The zero-order chi connectivity index (χ0) is 19.3. The van der Waals surface area contributed by atoms with Crippen molar-refractivity contribution in [1.29, 1.82) is 0 Å². The van der Waals surface area contributed by atoms with Crippen LogP contribution in [0.1, 0.15) is 45.7 Å². The number of carbonyl (C=O) groups is 2. The van der Waals surface area contributed by atoms with Crippen molar-refractivity contribution < 1.29 is 19.1 Å². The van der Waals surface area contributed by atoms with Gasteiger partial charge in [0, 0.05) is 11.1 Å². The molecule has 2 N–H and O–H groups in total. The lowest BCUT2D eigenvalue weighted by molar-refractivity contribution is 0.0846. The fourth-order valence-electron chi connectivity index (χ4n) is 2.39. The van der Waals surface area contributed by atoms with Crippen LogP contribution in [0.15, 0.2) is 36.4 Å². The third-order valence-corrected chi connectivity index (χ3v) is 3.72. The molecule has 6 nitrogen and oxygen atoms in total. The van der Waals surface area contributed by atoms with Crippen molar-refractivity contribution in [3.05, 3.63) is 58.7 Å². The summed E-state index contributed by atoms with van der Waals surface area (Å²) in [5.41, 5.74) is 7.53. The van der Waals surface area contributed by atoms with Crippen molar-refractivity contribution in [2.24, 2.45) is 0 Å². The minimum atomic E-state index is -0.446. The molecular formula is C20H24N2O4. The summed E-state index contributed by atoms with van der Waals surface area (Å²) >= 11 is 0. The lowest BCUT2D eigenvalue weighted by Gasteiger charge is -2.15. The Morgan fingerprint density at radius 1 is 0.923 bits per heavy atom. The van der Waals surface area contributed by atoms with E-state index in [-0.39, 0.29) is 12.0 Å². The Bertz CT molecular complexity index is 815. The molecule has 0 heterocycles. The molecule has 0 fully saturated rings. The van der Waals surface area contributed by atoms with E-state index < -0.39 is 5.91 Å². The number of benzene rings is 2. The molecule has 2 rings (SSSR count). The Balaban J connectivity index is 2.07. The Morgan fingerprint density at radius 3 is 2.27 bits per heavy atom. The van der Waals surface area contributed by atoms with Crippen molar-refractivity contribution in [3.63, 3.8) is 0 Å². The summed E-state index contributed by atoms with van der Waals surface area (Å²) in [6, 6.07) is 10.4. The van der Waals surface area contributed by atoms with Crippen LogP contribution in [0.25, 0.3) is 0 Å². The van der Waals surface area contributed by atoms with Crippen molar-refractivity contribution in [2.75, 3.05) is 7.11 Å². The van der Waals surface area contributed by atoms with E-state index >= 15 is 0 Å². The summed E-state index contributed by atoms with van der Waals surface area (Å²) in [6.45, 7) is 7.56. The summed E-state index contributed by atoms with van der Waals surface area (Å²) in [6.07, 6.45) is -0.0135. The molecule has 138 valence electrons. The van der Waals surface area contributed by atoms with Gasteiger partial charge in [-0.05, 0) is 57.5 Å². The highest BCUT2D eigenvalue weighted by Gasteiger charge is 2.14. The van der Waals surface area contributed by atoms with Crippen LogP contribution in [0.3, 0.4) is 0 Å². The topological polar surface area (TPSA) is 76.7 Å². The van der Waals surface area contributed by atoms with Gasteiger partial charge < -0.3 is 9.47 Å². The van der Waals surface area contributed by atoms with Crippen LogP contribution in [0.2, 0.25) is 0 Å². The first-order valence-corrected chi connectivity index (χ1v) is 8.34. The summed E-state index contributed by atoms with van der Waals surface area (Å²) in [4.78, 5) is 24.6. The number of carbonyl (C=O) groups excluding carboxylic acids is 2. The number of ether oxygens (including phenoxy) is 2. The first-order valence-electron chi connectivity index (χ1n) is 8.34. The van der Waals surface area contributed by atoms with E-state index in [1.807, 2.05) is 39.8 Å². The molecule has 0 aromatic heterocycles. The number of rotatable bonds is 5. The van der Waals surface area contributed by atoms with Gasteiger partial charge in [0.25, 0.3) is 11.8 Å². The van der Waals surface area contributed by atoms with Gasteiger partial charge in [-0.3, -0.25) is 20.4 Å². The van der Waals surface area contributed by atoms with Crippen LogP contribution in [-0.4, -0.2) is 25.0 Å². The predicted octanol–water partition coefficient (Wildman–Crippen LogP) is 3.17. The lowest BCUT2D eigenvalue weighted by Crippen LogP contribution is -2.41. The number of hydrazine groups is 1. The fourth-order valence-corrected chi connectivity index (χ4v) is 2.39. The summed E-state index contributed by atoms with van der Waals surface area (Å²) < 4.78 is 10.9. The molecule has 2 aromatic rings. The Labute approximate surface area is 153 Å². The molecule has 2 amide bonds. The maximum atomic E-state index is 12.3. The molecule has 0 bridgehead atoms. The molecular weight excluding hydrogens is 332 g/mol. The van der Waals surface area contributed by atoms with E-state index in [4.69, 9.17) is 9.47 Å². The fraction of sp³-hybridized carbons (Fsp3) is 0.300. The van der Waals surface area contributed by atoms with E-state index in [0.29, 0.717) is 22.6 Å². The zero-order valence-corrected chi connectivity index (χ0v) is 15.7. The molecule has 2 aromatic carbocycles. The molecule has 0 saturated carbocycles.